The summed E-state index contributed by atoms with van der Waals surface area (Å²) in [6.45, 7) is 6.06. The molecule has 0 fully saturated rings. The molecule has 2 aromatic carbocycles. The SMILES string of the molecule is CC(C)c1cnc2c(c1)cc(C(=O)N[C@H](C)c1ccc(C#N)cc1)c(=O)n2Cc1ccc(F)cc1. The highest BCUT2D eigenvalue weighted by molar-refractivity contribution is 5.97. The van der Waals surface area contributed by atoms with Gasteiger partial charge in [0.2, 0.25) is 0 Å². The molecule has 7 heteroatoms. The number of amides is 1. The van der Waals surface area contributed by atoms with Gasteiger partial charge in [-0.3, -0.25) is 14.2 Å². The first kappa shape index (κ1) is 23.8. The van der Waals surface area contributed by atoms with Crippen LogP contribution in [0.4, 0.5) is 4.39 Å². The molecule has 0 saturated heterocycles. The Bertz CT molecular complexity index is 1480. The number of fused-ring (bicyclic) bond motifs is 1. The molecule has 35 heavy (non-hydrogen) atoms. The molecule has 0 unspecified atom stereocenters. The van der Waals surface area contributed by atoms with Crippen molar-refractivity contribution in [2.45, 2.75) is 39.3 Å². The fraction of sp³-hybridized carbons (Fsp3) is 0.214. The number of aromatic nitrogens is 2. The van der Waals surface area contributed by atoms with Gasteiger partial charge < -0.3 is 5.32 Å². The van der Waals surface area contributed by atoms with Crippen LogP contribution in [0.5, 0.6) is 0 Å². The maximum atomic E-state index is 13.5. The van der Waals surface area contributed by atoms with Crippen molar-refractivity contribution in [2.24, 2.45) is 0 Å². The first-order chi connectivity index (χ1) is 16.8. The van der Waals surface area contributed by atoms with Crippen LogP contribution in [0.3, 0.4) is 0 Å². The molecule has 0 bridgehead atoms. The van der Waals surface area contributed by atoms with Gasteiger partial charge in [-0.05, 0) is 65.9 Å². The van der Waals surface area contributed by atoms with E-state index in [1.807, 2.05) is 26.8 Å². The Labute approximate surface area is 202 Å². The molecule has 6 nitrogen and oxygen atoms in total. The summed E-state index contributed by atoms with van der Waals surface area (Å²) in [6, 6.07) is 18.0. The molecule has 4 rings (SSSR count). The van der Waals surface area contributed by atoms with Crippen molar-refractivity contribution in [3.05, 3.63) is 111 Å². The quantitative estimate of drug-likeness (QED) is 0.428. The molecule has 1 atom stereocenters. The number of rotatable bonds is 6. The van der Waals surface area contributed by atoms with Crippen LogP contribution in [0.2, 0.25) is 0 Å². The minimum atomic E-state index is -0.503. The van der Waals surface area contributed by atoms with Crippen LogP contribution in [0.15, 0.2) is 71.7 Å². The van der Waals surface area contributed by atoms with Gasteiger partial charge >= 0.3 is 0 Å². The van der Waals surface area contributed by atoms with Crippen molar-refractivity contribution in [1.29, 1.82) is 5.26 Å². The average Bonchev–Trinajstić information content (AvgIpc) is 2.86. The third kappa shape index (κ3) is 5.12. The molecule has 2 heterocycles. The summed E-state index contributed by atoms with van der Waals surface area (Å²) in [5.74, 6) is -0.648. The molecular weight excluding hydrogens is 443 g/mol. The fourth-order valence-corrected chi connectivity index (χ4v) is 3.88. The summed E-state index contributed by atoms with van der Waals surface area (Å²) < 4.78 is 14.9. The number of carbonyl (C=O) groups excluding carboxylic acids is 1. The maximum Gasteiger partial charge on any atom is 0.265 e. The van der Waals surface area contributed by atoms with Crippen molar-refractivity contribution in [1.82, 2.24) is 14.9 Å². The minimum absolute atomic E-state index is 0.00260. The molecule has 176 valence electrons. The molecule has 0 aliphatic rings. The van der Waals surface area contributed by atoms with Crippen LogP contribution in [0, 0.1) is 17.1 Å². The molecule has 1 N–H and O–H groups in total. The van der Waals surface area contributed by atoms with Gasteiger partial charge in [-0.2, -0.15) is 5.26 Å². The Kier molecular flexibility index (Phi) is 6.74. The molecule has 2 aromatic heterocycles. The van der Waals surface area contributed by atoms with Crippen LogP contribution in [0.25, 0.3) is 11.0 Å². The van der Waals surface area contributed by atoms with E-state index in [0.717, 1.165) is 11.1 Å². The summed E-state index contributed by atoms with van der Waals surface area (Å²) in [4.78, 5) is 31.2. The summed E-state index contributed by atoms with van der Waals surface area (Å²) >= 11 is 0. The predicted octanol–water partition coefficient (Wildman–Crippen LogP) is 5.07. The zero-order valence-corrected chi connectivity index (χ0v) is 19.7. The van der Waals surface area contributed by atoms with E-state index < -0.39 is 11.5 Å². The average molecular weight is 469 g/mol. The van der Waals surface area contributed by atoms with Crippen LogP contribution in [-0.2, 0) is 6.54 Å². The highest BCUT2D eigenvalue weighted by atomic mass is 19.1. The Morgan fingerprint density at radius 1 is 1.06 bits per heavy atom. The standard InChI is InChI=1S/C28H25FN4O2/c1-17(2)23-12-22-13-25(27(34)32-18(3)21-8-4-19(14-30)5-9-21)28(35)33(26(22)31-15-23)16-20-6-10-24(29)11-7-20/h4-13,15,17-18H,16H2,1-3H3,(H,32,34)/t18-/m1/s1. The predicted molar refractivity (Wildman–Crippen MR) is 133 cm³/mol. The number of nitriles is 1. The number of hydrogen-bond donors (Lipinski definition) is 1. The van der Waals surface area contributed by atoms with E-state index in [-0.39, 0.29) is 29.9 Å². The summed E-state index contributed by atoms with van der Waals surface area (Å²) in [7, 11) is 0. The monoisotopic (exact) mass is 468 g/mol. The van der Waals surface area contributed by atoms with E-state index in [9.17, 15) is 14.0 Å². The van der Waals surface area contributed by atoms with Gasteiger partial charge in [0, 0.05) is 11.6 Å². The number of nitrogens with zero attached hydrogens (tertiary/aromatic N) is 3. The van der Waals surface area contributed by atoms with Gasteiger partial charge in [-0.15, -0.1) is 0 Å². The van der Waals surface area contributed by atoms with Crippen molar-refractivity contribution >= 4 is 16.9 Å². The third-order valence-corrected chi connectivity index (χ3v) is 6.00. The van der Waals surface area contributed by atoms with E-state index in [1.165, 1.54) is 16.7 Å². The van der Waals surface area contributed by atoms with Gasteiger partial charge in [0.15, 0.2) is 0 Å². The minimum Gasteiger partial charge on any atom is -0.345 e. The van der Waals surface area contributed by atoms with E-state index >= 15 is 0 Å². The molecule has 0 radical (unpaired) electrons. The zero-order chi connectivity index (χ0) is 25.1. The summed E-state index contributed by atoms with van der Waals surface area (Å²) in [6.07, 6.45) is 1.74. The lowest BCUT2D eigenvalue weighted by Gasteiger charge is -2.17. The van der Waals surface area contributed by atoms with Crippen molar-refractivity contribution in [2.75, 3.05) is 0 Å². The number of nitrogens with one attached hydrogen (secondary N) is 1. The second-order valence-corrected chi connectivity index (χ2v) is 8.84. The lowest BCUT2D eigenvalue weighted by Crippen LogP contribution is -2.35. The lowest BCUT2D eigenvalue weighted by molar-refractivity contribution is 0.0938. The van der Waals surface area contributed by atoms with Gasteiger partial charge in [-0.1, -0.05) is 38.1 Å². The van der Waals surface area contributed by atoms with E-state index in [0.29, 0.717) is 22.2 Å². The van der Waals surface area contributed by atoms with Gasteiger partial charge in [-0.25, -0.2) is 9.37 Å². The molecule has 0 saturated carbocycles. The van der Waals surface area contributed by atoms with Crippen LogP contribution < -0.4 is 10.9 Å². The van der Waals surface area contributed by atoms with Crippen molar-refractivity contribution in [3.63, 3.8) is 0 Å². The Morgan fingerprint density at radius 3 is 2.37 bits per heavy atom. The largest absolute Gasteiger partial charge is 0.345 e. The summed E-state index contributed by atoms with van der Waals surface area (Å²) in [5, 5.41) is 12.6. The van der Waals surface area contributed by atoms with Crippen LogP contribution in [-0.4, -0.2) is 15.5 Å². The molecule has 0 aliphatic carbocycles. The molecule has 4 aromatic rings. The topological polar surface area (TPSA) is 87.8 Å². The summed E-state index contributed by atoms with van der Waals surface area (Å²) in [5.41, 5.74) is 3.03. The second kappa shape index (κ2) is 9.90. The zero-order valence-electron chi connectivity index (χ0n) is 19.7. The van der Waals surface area contributed by atoms with Crippen LogP contribution in [0.1, 0.15) is 65.3 Å². The van der Waals surface area contributed by atoms with E-state index in [2.05, 4.69) is 16.4 Å². The second-order valence-electron chi connectivity index (χ2n) is 8.84. The third-order valence-electron chi connectivity index (χ3n) is 6.00. The highest BCUT2D eigenvalue weighted by Crippen LogP contribution is 2.21. The maximum absolute atomic E-state index is 13.5. The number of benzene rings is 2. The molecule has 0 spiro atoms. The first-order valence-electron chi connectivity index (χ1n) is 11.4. The van der Waals surface area contributed by atoms with Crippen molar-refractivity contribution < 1.29 is 9.18 Å². The van der Waals surface area contributed by atoms with Gasteiger partial charge in [0.05, 0.1) is 24.2 Å². The Hall–Kier alpha value is -4.31. The molecule has 1 amide bonds. The number of halogens is 1. The number of carbonyl (C=O) groups is 1. The Morgan fingerprint density at radius 2 is 1.74 bits per heavy atom. The van der Waals surface area contributed by atoms with Crippen molar-refractivity contribution in [3.8, 4) is 6.07 Å². The number of hydrogen-bond acceptors (Lipinski definition) is 4. The Balaban J connectivity index is 1.76. The lowest BCUT2D eigenvalue weighted by atomic mass is 10.0. The first-order valence-corrected chi connectivity index (χ1v) is 11.4. The van der Waals surface area contributed by atoms with E-state index in [1.54, 1.807) is 48.7 Å². The normalized spacial score (nSPS) is 11.9. The van der Waals surface area contributed by atoms with Gasteiger partial charge in [0.25, 0.3) is 11.5 Å². The van der Waals surface area contributed by atoms with Crippen LogP contribution >= 0.6 is 0 Å². The van der Waals surface area contributed by atoms with E-state index in [4.69, 9.17) is 5.26 Å². The molecular formula is C28H25FN4O2. The smallest absolute Gasteiger partial charge is 0.265 e. The number of pyridine rings is 2. The molecule has 0 aliphatic heterocycles. The highest BCUT2D eigenvalue weighted by Gasteiger charge is 2.19. The van der Waals surface area contributed by atoms with Gasteiger partial charge in [0.1, 0.15) is 17.0 Å². The fourth-order valence-electron chi connectivity index (χ4n) is 3.88.